The fraction of sp³-hybridized carbons (Fsp3) is 0.478. The highest BCUT2D eigenvalue weighted by atomic mass is 16.5. The molecule has 0 aromatic carbocycles. The van der Waals surface area contributed by atoms with Crippen LogP contribution >= 0.6 is 0 Å². The van der Waals surface area contributed by atoms with Crippen molar-refractivity contribution < 1.29 is 19.1 Å². The van der Waals surface area contributed by atoms with E-state index in [9.17, 15) is 9.59 Å². The van der Waals surface area contributed by atoms with Crippen molar-refractivity contribution in [3.63, 3.8) is 0 Å². The molecule has 2 aromatic heterocycles. The molecule has 1 aliphatic carbocycles. The number of ether oxygens (including phenoxy) is 2. The first kappa shape index (κ1) is 21.0. The molecule has 0 bridgehead atoms. The second-order valence-corrected chi connectivity index (χ2v) is 7.60. The largest absolute Gasteiger partial charge is 0.466 e. The summed E-state index contributed by atoms with van der Waals surface area (Å²) in [6.07, 6.45) is 4.51. The SMILES string of the molecule is CCOC(=O)C(C)CC1(CC(C)C(=O)OCC)c2cccnc2-c2ncccc21. The molecule has 2 atom stereocenters. The maximum atomic E-state index is 12.5. The quantitative estimate of drug-likeness (QED) is 0.629. The van der Waals surface area contributed by atoms with Crippen LogP contribution in [0.3, 0.4) is 0 Å². The summed E-state index contributed by atoms with van der Waals surface area (Å²) in [5.41, 5.74) is 3.07. The van der Waals surface area contributed by atoms with Crippen molar-refractivity contribution >= 4 is 11.9 Å². The van der Waals surface area contributed by atoms with Gasteiger partial charge in [0.2, 0.25) is 0 Å². The zero-order valence-electron chi connectivity index (χ0n) is 17.5. The Morgan fingerprint density at radius 1 is 0.862 bits per heavy atom. The van der Waals surface area contributed by atoms with E-state index in [1.54, 1.807) is 26.2 Å². The third kappa shape index (κ3) is 3.88. The van der Waals surface area contributed by atoms with Gasteiger partial charge in [-0.2, -0.15) is 0 Å². The van der Waals surface area contributed by atoms with Crippen LogP contribution in [-0.2, 0) is 24.5 Å². The predicted octanol–water partition coefficient (Wildman–Crippen LogP) is 3.92. The Hall–Kier alpha value is -2.76. The summed E-state index contributed by atoms with van der Waals surface area (Å²) < 4.78 is 10.5. The average molecular weight is 396 g/mol. The highest BCUT2D eigenvalue weighted by Crippen LogP contribution is 2.53. The van der Waals surface area contributed by atoms with Crippen LogP contribution in [0.4, 0.5) is 0 Å². The smallest absolute Gasteiger partial charge is 0.308 e. The highest BCUT2D eigenvalue weighted by Gasteiger charge is 2.48. The number of carbonyl (C=O) groups excluding carboxylic acids is 2. The van der Waals surface area contributed by atoms with Gasteiger partial charge in [-0.15, -0.1) is 0 Å². The van der Waals surface area contributed by atoms with Crippen molar-refractivity contribution in [2.75, 3.05) is 13.2 Å². The van der Waals surface area contributed by atoms with Gasteiger partial charge in [0, 0.05) is 17.8 Å². The van der Waals surface area contributed by atoms with Crippen LogP contribution in [0.25, 0.3) is 11.4 Å². The van der Waals surface area contributed by atoms with Gasteiger partial charge in [0.25, 0.3) is 0 Å². The minimum Gasteiger partial charge on any atom is -0.466 e. The van der Waals surface area contributed by atoms with Gasteiger partial charge in [-0.1, -0.05) is 26.0 Å². The molecular formula is C23H28N2O4. The summed E-state index contributed by atoms with van der Waals surface area (Å²) in [6.45, 7) is 8.03. The fourth-order valence-electron chi connectivity index (χ4n) is 4.41. The van der Waals surface area contributed by atoms with E-state index in [0.29, 0.717) is 26.1 Å². The topological polar surface area (TPSA) is 78.4 Å². The van der Waals surface area contributed by atoms with E-state index in [1.165, 1.54) is 0 Å². The van der Waals surface area contributed by atoms with Gasteiger partial charge in [0.1, 0.15) is 0 Å². The summed E-state index contributed by atoms with van der Waals surface area (Å²) in [4.78, 5) is 34.1. The number of rotatable bonds is 8. The predicted molar refractivity (Wildman–Crippen MR) is 109 cm³/mol. The lowest BCUT2D eigenvalue weighted by atomic mass is 9.67. The first-order valence-corrected chi connectivity index (χ1v) is 10.2. The fourth-order valence-corrected chi connectivity index (χ4v) is 4.41. The number of hydrogen-bond acceptors (Lipinski definition) is 6. The van der Waals surface area contributed by atoms with Crippen LogP contribution in [0.2, 0.25) is 0 Å². The number of fused-ring (bicyclic) bond motifs is 3. The van der Waals surface area contributed by atoms with Crippen LogP contribution in [0, 0.1) is 11.8 Å². The van der Waals surface area contributed by atoms with E-state index in [-0.39, 0.29) is 23.8 Å². The van der Waals surface area contributed by atoms with Crippen molar-refractivity contribution in [2.24, 2.45) is 11.8 Å². The zero-order chi connectivity index (χ0) is 21.0. The van der Waals surface area contributed by atoms with Crippen molar-refractivity contribution in [1.82, 2.24) is 9.97 Å². The van der Waals surface area contributed by atoms with E-state index in [2.05, 4.69) is 9.97 Å². The molecule has 6 nitrogen and oxygen atoms in total. The highest BCUT2D eigenvalue weighted by molar-refractivity contribution is 5.78. The van der Waals surface area contributed by atoms with Crippen molar-refractivity contribution in [3.05, 3.63) is 47.8 Å². The van der Waals surface area contributed by atoms with E-state index in [0.717, 1.165) is 22.5 Å². The second-order valence-electron chi connectivity index (χ2n) is 7.60. The molecule has 2 unspecified atom stereocenters. The van der Waals surface area contributed by atoms with Crippen LogP contribution < -0.4 is 0 Å². The molecule has 0 aliphatic heterocycles. The van der Waals surface area contributed by atoms with Gasteiger partial charge in [0.15, 0.2) is 0 Å². The van der Waals surface area contributed by atoms with E-state index in [4.69, 9.17) is 9.47 Å². The summed E-state index contributed by atoms with van der Waals surface area (Å²) >= 11 is 0. The second kappa shape index (κ2) is 8.72. The summed E-state index contributed by atoms with van der Waals surface area (Å²) in [6, 6.07) is 7.84. The van der Waals surface area contributed by atoms with Gasteiger partial charge in [-0.3, -0.25) is 19.6 Å². The Bertz CT molecular complexity index is 822. The van der Waals surface area contributed by atoms with Gasteiger partial charge in [-0.25, -0.2) is 0 Å². The van der Waals surface area contributed by atoms with Crippen LogP contribution in [0.5, 0.6) is 0 Å². The molecule has 6 heteroatoms. The molecular weight excluding hydrogens is 368 g/mol. The molecule has 0 saturated carbocycles. The Labute approximate surface area is 171 Å². The Morgan fingerprint density at radius 3 is 1.66 bits per heavy atom. The molecule has 3 rings (SSSR count). The molecule has 0 N–H and O–H groups in total. The molecule has 29 heavy (non-hydrogen) atoms. The Balaban J connectivity index is 2.10. The molecule has 0 amide bonds. The normalized spacial score (nSPS) is 15.7. The minimum atomic E-state index is -0.564. The van der Waals surface area contributed by atoms with Crippen LogP contribution in [0.1, 0.15) is 51.7 Å². The number of pyridine rings is 2. The minimum absolute atomic E-state index is 0.238. The van der Waals surface area contributed by atoms with Crippen molar-refractivity contribution in [3.8, 4) is 11.4 Å². The third-order valence-electron chi connectivity index (χ3n) is 5.56. The van der Waals surface area contributed by atoms with Gasteiger partial charge in [0.05, 0.1) is 36.4 Å². The summed E-state index contributed by atoms with van der Waals surface area (Å²) in [5.74, 6) is -1.16. The van der Waals surface area contributed by atoms with Crippen molar-refractivity contribution in [1.29, 1.82) is 0 Å². The lowest BCUT2D eigenvalue weighted by Gasteiger charge is -2.35. The molecule has 0 spiro atoms. The maximum absolute atomic E-state index is 12.5. The van der Waals surface area contributed by atoms with Gasteiger partial charge < -0.3 is 9.47 Å². The number of nitrogens with zero attached hydrogens (tertiary/aromatic N) is 2. The van der Waals surface area contributed by atoms with Crippen LogP contribution in [0.15, 0.2) is 36.7 Å². The van der Waals surface area contributed by atoms with Crippen molar-refractivity contribution in [2.45, 2.75) is 46.0 Å². The Kier molecular flexibility index (Phi) is 6.30. The molecule has 0 radical (unpaired) electrons. The van der Waals surface area contributed by atoms with Crippen LogP contribution in [-0.4, -0.2) is 35.1 Å². The monoisotopic (exact) mass is 396 g/mol. The van der Waals surface area contributed by atoms with E-state index < -0.39 is 5.41 Å². The summed E-state index contributed by atoms with van der Waals surface area (Å²) in [5, 5.41) is 0. The van der Waals surface area contributed by atoms with Gasteiger partial charge in [-0.05, 0) is 49.9 Å². The third-order valence-corrected chi connectivity index (χ3v) is 5.56. The standard InChI is InChI=1S/C23H28N2O4/c1-5-28-21(26)15(3)13-23(14-16(4)22(27)29-6-2)17-9-7-11-24-19(17)20-18(23)10-8-12-25-20/h7-12,15-16H,5-6,13-14H2,1-4H3. The average Bonchev–Trinajstić information content (AvgIpc) is 2.99. The molecule has 1 aliphatic rings. The number of aromatic nitrogens is 2. The number of carbonyl (C=O) groups is 2. The lowest BCUT2D eigenvalue weighted by molar-refractivity contribution is -0.148. The molecule has 2 heterocycles. The van der Waals surface area contributed by atoms with E-state index in [1.807, 2.05) is 38.1 Å². The molecule has 2 aromatic rings. The first-order valence-electron chi connectivity index (χ1n) is 10.2. The molecule has 0 fully saturated rings. The molecule has 0 saturated heterocycles. The van der Waals surface area contributed by atoms with Gasteiger partial charge >= 0.3 is 11.9 Å². The number of hydrogen-bond donors (Lipinski definition) is 0. The zero-order valence-corrected chi connectivity index (χ0v) is 17.5. The first-order chi connectivity index (χ1) is 13.9. The Morgan fingerprint density at radius 2 is 1.28 bits per heavy atom. The molecule has 154 valence electrons. The maximum Gasteiger partial charge on any atom is 0.308 e. The summed E-state index contributed by atoms with van der Waals surface area (Å²) in [7, 11) is 0. The number of esters is 2. The van der Waals surface area contributed by atoms with E-state index >= 15 is 0 Å². The lowest BCUT2D eigenvalue weighted by Crippen LogP contribution is -2.35.